The quantitative estimate of drug-likeness (QED) is 0.863. The summed E-state index contributed by atoms with van der Waals surface area (Å²) in [5.74, 6) is 0.554. The van der Waals surface area contributed by atoms with Crippen LogP contribution in [0, 0.1) is 13.8 Å². The molecule has 0 amide bonds. The van der Waals surface area contributed by atoms with Gasteiger partial charge in [-0.05, 0) is 51.3 Å². The maximum atomic E-state index is 12.1. The Labute approximate surface area is 124 Å². The molecule has 0 aliphatic heterocycles. The van der Waals surface area contributed by atoms with Crippen LogP contribution in [0.5, 0.6) is 5.75 Å². The van der Waals surface area contributed by atoms with Crippen LogP contribution in [0.25, 0.3) is 0 Å². The highest BCUT2D eigenvalue weighted by Crippen LogP contribution is 2.27. The largest absolute Gasteiger partial charge is 0.493 e. The van der Waals surface area contributed by atoms with E-state index in [4.69, 9.17) is 4.74 Å². The zero-order chi connectivity index (χ0) is 16.3. The van der Waals surface area contributed by atoms with Crippen molar-refractivity contribution in [1.82, 2.24) is 5.32 Å². The van der Waals surface area contributed by atoms with E-state index in [1.807, 2.05) is 26.0 Å². The number of alkyl halides is 3. The fraction of sp³-hybridized carbons (Fsp3) is 0.625. The summed E-state index contributed by atoms with van der Waals surface area (Å²) in [7, 11) is 0. The van der Waals surface area contributed by atoms with Crippen molar-refractivity contribution in [3.63, 3.8) is 0 Å². The molecule has 2 nitrogen and oxygen atoms in total. The molecule has 0 aromatic heterocycles. The Bertz CT molecular complexity index is 452. The van der Waals surface area contributed by atoms with Gasteiger partial charge in [0.2, 0.25) is 0 Å². The van der Waals surface area contributed by atoms with Gasteiger partial charge >= 0.3 is 6.18 Å². The first kappa shape index (κ1) is 17.8. The Kier molecular flexibility index (Phi) is 5.68. The van der Waals surface area contributed by atoms with Gasteiger partial charge < -0.3 is 10.1 Å². The molecule has 1 aromatic carbocycles. The second-order valence-corrected chi connectivity index (χ2v) is 6.38. The van der Waals surface area contributed by atoms with Crippen LogP contribution < -0.4 is 10.1 Å². The Morgan fingerprint density at radius 3 is 2.00 bits per heavy atom. The molecule has 0 aliphatic carbocycles. The van der Waals surface area contributed by atoms with Gasteiger partial charge in [-0.2, -0.15) is 13.2 Å². The van der Waals surface area contributed by atoms with Crippen molar-refractivity contribution in [1.29, 1.82) is 0 Å². The van der Waals surface area contributed by atoms with Crippen LogP contribution in [0.15, 0.2) is 12.1 Å². The van der Waals surface area contributed by atoms with Gasteiger partial charge in [-0.15, -0.1) is 0 Å². The van der Waals surface area contributed by atoms with E-state index in [2.05, 4.69) is 26.1 Å². The molecular weight excluding hydrogens is 279 g/mol. The molecule has 1 rings (SSSR count). The smallest absolute Gasteiger partial charge is 0.392 e. The Morgan fingerprint density at radius 2 is 1.57 bits per heavy atom. The summed E-state index contributed by atoms with van der Waals surface area (Å²) in [5.41, 5.74) is 2.85. The summed E-state index contributed by atoms with van der Waals surface area (Å²) in [5, 5.41) is 3.39. The van der Waals surface area contributed by atoms with Crippen LogP contribution in [0.1, 0.15) is 43.9 Å². The number of nitrogens with one attached hydrogen (secondary N) is 1. The number of hydrogen-bond acceptors (Lipinski definition) is 2. The van der Waals surface area contributed by atoms with Gasteiger partial charge in [-0.3, -0.25) is 0 Å². The number of hydrogen-bond donors (Lipinski definition) is 1. The minimum absolute atomic E-state index is 0.0175. The fourth-order valence-electron chi connectivity index (χ4n) is 2.01. The predicted molar refractivity (Wildman–Crippen MR) is 78.7 cm³/mol. The minimum Gasteiger partial charge on any atom is -0.493 e. The summed E-state index contributed by atoms with van der Waals surface area (Å²) in [6.45, 7) is 10.3. The molecule has 0 unspecified atom stereocenters. The molecule has 0 spiro atoms. The van der Waals surface area contributed by atoms with E-state index in [1.54, 1.807) is 0 Å². The molecule has 5 heteroatoms. The number of ether oxygens (including phenoxy) is 1. The van der Waals surface area contributed by atoms with E-state index in [0.717, 1.165) is 16.7 Å². The summed E-state index contributed by atoms with van der Waals surface area (Å²) < 4.78 is 41.7. The lowest BCUT2D eigenvalue weighted by Gasteiger charge is -2.21. The average molecular weight is 303 g/mol. The van der Waals surface area contributed by atoms with Crippen molar-refractivity contribution in [3.8, 4) is 5.75 Å². The van der Waals surface area contributed by atoms with E-state index in [0.29, 0.717) is 12.3 Å². The summed E-state index contributed by atoms with van der Waals surface area (Å²) >= 11 is 0. The van der Waals surface area contributed by atoms with Crippen LogP contribution in [-0.4, -0.2) is 18.3 Å². The van der Waals surface area contributed by atoms with Crippen molar-refractivity contribution in [3.05, 3.63) is 28.8 Å². The first-order valence-electron chi connectivity index (χ1n) is 7.03. The lowest BCUT2D eigenvalue weighted by molar-refractivity contribution is -0.139. The van der Waals surface area contributed by atoms with E-state index < -0.39 is 12.6 Å². The zero-order valence-corrected chi connectivity index (χ0v) is 13.3. The van der Waals surface area contributed by atoms with Gasteiger partial charge in [0, 0.05) is 12.1 Å². The topological polar surface area (TPSA) is 21.3 Å². The molecule has 0 saturated carbocycles. The molecule has 120 valence electrons. The third-order valence-corrected chi connectivity index (χ3v) is 2.97. The molecule has 0 aliphatic rings. The molecule has 0 heterocycles. The standard InChI is InChI=1S/C16H24F3NO/c1-11-8-13(10-20-15(3,4)5)9-12(2)14(11)21-7-6-16(17,18)19/h8-9,20H,6-7,10H2,1-5H3. The van der Waals surface area contributed by atoms with Crippen molar-refractivity contribution in [2.45, 2.75) is 59.3 Å². The second kappa shape index (κ2) is 6.69. The maximum Gasteiger partial charge on any atom is 0.392 e. The van der Waals surface area contributed by atoms with Gasteiger partial charge in [0.05, 0.1) is 13.0 Å². The Balaban J connectivity index is 2.71. The van der Waals surface area contributed by atoms with Crippen LogP contribution in [0.4, 0.5) is 13.2 Å². The highest BCUT2D eigenvalue weighted by Gasteiger charge is 2.27. The summed E-state index contributed by atoms with van der Waals surface area (Å²) in [6.07, 6.45) is -5.11. The van der Waals surface area contributed by atoms with Gasteiger partial charge in [-0.25, -0.2) is 0 Å². The summed E-state index contributed by atoms with van der Waals surface area (Å²) in [4.78, 5) is 0. The van der Waals surface area contributed by atoms with Crippen molar-refractivity contribution in [2.24, 2.45) is 0 Å². The molecule has 21 heavy (non-hydrogen) atoms. The highest BCUT2D eigenvalue weighted by atomic mass is 19.4. The molecule has 1 aromatic rings. The van der Waals surface area contributed by atoms with Crippen LogP contribution in [0.2, 0.25) is 0 Å². The van der Waals surface area contributed by atoms with E-state index in [9.17, 15) is 13.2 Å². The molecule has 0 saturated heterocycles. The zero-order valence-electron chi connectivity index (χ0n) is 13.3. The lowest BCUT2D eigenvalue weighted by atomic mass is 10.0. The van der Waals surface area contributed by atoms with Crippen molar-refractivity contribution < 1.29 is 17.9 Å². The Hall–Kier alpha value is -1.23. The van der Waals surface area contributed by atoms with E-state index in [1.165, 1.54) is 0 Å². The minimum atomic E-state index is -4.18. The first-order chi connectivity index (χ1) is 9.48. The second-order valence-electron chi connectivity index (χ2n) is 6.38. The molecule has 0 radical (unpaired) electrons. The van der Waals surface area contributed by atoms with Crippen molar-refractivity contribution >= 4 is 0 Å². The third-order valence-electron chi connectivity index (χ3n) is 2.97. The van der Waals surface area contributed by atoms with Gasteiger partial charge in [-0.1, -0.05) is 12.1 Å². The van der Waals surface area contributed by atoms with Gasteiger partial charge in [0.15, 0.2) is 0 Å². The van der Waals surface area contributed by atoms with Crippen LogP contribution in [-0.2, 0) is 6.54 Å². The van der Waals surface area contributed by atoms with Gasteiger partial charge in [0.1, 0.15) is 5.75 Å². The molecule has 1 N–H and O–H groups in total. The number of halogens is 3. The Morgan fingerprint density at radius 1 is 1.05 bits per heavy atom. The molecule has 0 atom stereocenters. The maximum absolute atomic E-state index is 12.1. The van der Waals surface area contributed by atoms with Crippen LogP contribution in [0.3, 0.4) is 0 Å². The van der Waals surface area contributed by atoms with E-state index in [-0.39, 0.29) is 12.1 Å². The first-order valence-corrected chi connectivity index (χ1v) is 7.03. The molecule has 0 bridgehead atoms. The van der Waals surface area contributed by atoms with Gasteiger partial charge in [0.25, 0.3) is 0 Å². The molecule has 0 fully saturated rings. The normalized spacial score (nSPS) is 12.6. The lowest BCUT2D eigenvalue weighted by Crippen LogP contribution is -2.35. The van der Waals surface area contributed by atoms with Crippen LogP contribution >= 0.6 is 0 Å². The number of benzene rings is 1. The van der Waals surface area contributed by atoms with E-state index >= 15 is 0 Å². The third kappa shape index (κ3) is 6.85. The summed E-state index contributed by atoms with van der Waals surface area (Å²) in [6, 6.07) is 3.91. The molecular formula is C16H24F3NO. The average Bonchev–Trinajstić information content (AvgIpc) is 2.28. The highest BCUT2D eigenvalue weighted by molar-refractivity contribution is 5.43. The SMILES string of the molecule is Cc1cc(CNC(C)(C)C)cc(C)c1OCCC(F)(F)F. The number of aryl methyl sites for hydroxylation is 2. The number of rotatable bonds is 5. The fourth-order valence-corrected chi connectivity index (χ4v) is 2.01. The monoisotopic (exact) mass is 303 g/mol. The predicted octanol–water partition coefficient (Wildman–Crippen LogP) is 4.52. The van der Waals surface area contributed by atoms with Crippen molar-refractivity contribution in [2.75, 3.05) is 6.61 Å².